The van der Waals surface area contributed by atoms with Crippen LogP contribution in [0.3, 0.4) is 0 Å². The molecule has 0 radical (unpaired) electrons. The number of carbonyl (C=O) groups is 1. The third-order valence-corrected chi connectivity index (χ3v) is 4.43. The Kier molecular flexibility index (Phi) is 5.76. The highest BCUT2D eigenvalue weighted by Gasteiger charge is 2.11. The lowest BCUT2D eigenvalue weighted by molar-refractivity contribution is -0.126. The molecule has 1 amide bonds. The molecule has 23 heavy (non-hydrogen) atoms. The summed E-state index contributed by atoms with van der Waals surface area (Å²) in [6, 6.07) is 9.77. The number of carbonyl (C=O) groups excluding carboxylic acids is 1. The molecule has 0 fully saturated rings. The van der Waals surface area contributed by atoms with Crippen LogP contribution >= 0.6 is 11.3 Å². The number of benzene rings is 1. The van der Waals surface area contributed by atoms with Crippen molar-refractivity contribution in [3.8, 4) is 0 Å². The SMILES string of the molecule is Cc1ccc(C(C)NC(=O)CO/N=C(/N)c2cccs2)cc1C. The predicted molar refractivity (Wildman–Crippen MR) is 93.5 cm³/mol. The molecule has 2 rings (SSSR count). The lowest BCUT2D eigenvalue weighted by Gasteiger charge is -2.15. The molecule has 122 valence electrons. The highest BCUT2D eigenvalue weighted by molar-refractivity contribution is 7.12. The van der Waals surface area contributed by atoms with E-state index in [4.69, 9.17) is 10.6 Å². The second kappa shape index (κ2) is 7.78. The molecule has 1 aromatic carbocycles. The van der Waals surface area contributed by atoms with E-state index >= 15 is 0 Å². The molecule has 1 unspecified atom stereocenters. The van der Waals surface area contributed by atoms with Gasteiger partial charge in [-0.25, -0.2) is 0 Å². The van der Waals surface area contributed by atoms with Crippen LogP contribution in [0.15, 0.2) is 40.9 Å². The molecule has 0 spiro atoms. The molecule has 0 aliphatic rings. The number of hydrogen-bond donors (Lipinski definition) is 2. The van der Waals surface area contributed by atoms with Gasteiger partial charge in [0.2, 0.25) is 0 Å². The summed E-state index contributed by atoms with van der Waals surface area (Å²) in [5, 5.41) is 8.53. The van der Waals surface area contributed by atoms with Crippen LogP contribution in [0.4, 0.5) is 0 Å². The number of thiophene rings is 1. The van der Waals surface area contributed by atoms with E-state index in [0.29, 0.717) is 0 Å². The van der Waals surface area contributed by atoms with Crippen molar-refractivity contribution in [1.29, 1.82) is 0 Å². The Morgan fingerprint density at radius 2 is 2.13 bits per heavy atom. The summed E-state index contributed by atoms with van der Waals surface area (Å²) in [5.74, 6) is 0.0356. The van der Waals surface area contributed by atoms with E-state index in [1.165, 1.54) is 22.5 Å². The second-order valence-electron chi connectivity index (χ2n) is 5.36. The maximum atomic E-state index is 11.9. The lowest BCUT2D eigenvalue weighted by atomic mass is 10.0. The van der Waals surface area contributed by atoms with Crippen molar-refractivity contribution < 1.29 is 9.63 Å². The van der Waals surface area contributed by atoms with E-state index < -0.39 is 0 Å². The molecule has 6 heteroatoms. The Morgan fingerprint density at radius 3 is 2.78 bits per heavy atom. The van der Waals surface area contributed by atoms with E-state index in [2.05, 4.69) is 36.5 Å². The fraction of sp³-hybridized carbons (Fsp3) is 0.294. The van der Waals surface area contributed by atoms with Gasteiger partial charge < -0.3 is 15.9 Å². The van der Waals surface area contributed by atoms with Gasteiger partial charge in [0, 0.05) is 0 Å². The molecule has 0 aliphatic carbocycles. The molecular weight excluding hydrogens is 310 g/mol. The van der Waals surface area contributed by atoms with Gasteiger partial charge >= 0.3 is 0 Å². The highest BCUT2D eigenvalue weighted by atomic mass is 32.1. The van der Waals surface area contributed by atoms with E-state index in [1.807, 2.05) is 30.5 Å². The fourth-order valence-electron chi connectivity index (χ4n) is 2.03. The summed E-state index contributed by atoms with van der Waals surface area (Å²) in [7, 11) is 0. The Balaban J connectivity index is 1.84. The van der Waals surface area contributed by atoms with Gasteiger partial charge in [0.05, 0.1) is 10.9 Å². The first kappa shape index (κ1) is 17.0. The van der Waals surface area contributed by atoms with Gasteiger partial charge in [-0.05, 0) is 48.9 Å². The van der Waals surface area contributed by atoms with Crippen LogP contribution in [0.25, 0.3) is 0 Å². The quantitative estimate of drug-likeness (QED) is 0.485. The van der Waals surface area contributed by atoms with Gasteiger partial charge in [-0.1, -0.05) is 29.4 Å². The van der Waals surface area contributed by atoms with Gasteiger partial charge in [0.1, 0.15) is 0 Å². The monoisotopic (exact) mass is 331 g/mol. The average molecular weight is 331 g/mol. The van der Waals surface area contributed by atoms with Crippen LogP contribution in [0.2, 0.25) is 0 Å². The van der Waals surface area contributed by atoms with Crippen molar-refractivity contribution in [2.75, 3.05) is 6.61 Å². The Bertz CT molecular complexity index is 696. The minimum Gasteiger partial charge on any atom is -0.384 e. The smallest absolute Gasteiger partial charge is 0.261 e. The molecular formula is C17H21N3O2S. The molecule has 3 N–H and O–H groups in total. The van der Waals surface area contributed by atoms with Crippen molar-refractivity contribution >= 4 is 23.1 Å². The zero-order valence-corrected chi connectivity index (χ0v) is 14.3. The molecule has 0 saturated heterocycles. The number of nitrogens with two attached hydrogens (primary N) is 1. The van der Waals surface area contributed by atoms with Crippen molar-refractivity contribution in [1.82, 2.24) is 5.32 Å². The summed E-state index contributed by atoms with van der Waals surface area (Å²) in [5.41, 5.74) is 9.24. The molecule has 0 saturated carbocycles. The summed E-state index contributed by atoms with van der Waals surface area (Å²) in [6.07, 6.45) is 0. The predicted octanol–water partition coefficient (Wildman–Crippen LogP) is 2.88. The van der Waals surface area contributed by atoms with Crippen LogP contribution in [0, 0.1) is 13.8 Å². The van der Waals surface area contributed by atoms with Crippen LogP contribution in [-0.4, -0.2) is 18.3 Å². The van der Waals surface area contributed by atoms with E-state index in [0.717, 1.165) is 10.4 Å². The fourth-order valence-corrected chi connectivity index (χ4v) is 2.65. The largest absolute Gasteiger partial charge is 0.384 e. The standard InChI is InChI=1S/C17H21N3O2S/c1-11-6-7-14(9-12(11)2)13(3)19-16(21)10-22-20-17(18)15-5-4-8-23-15/h4-9,13H,10H2,1-3H3,(H2,18,20)(H,19,21). The average Bonchev–Trinajstić information content (AvgIpc) is 3.04. The number of nitrogens with zero attached hydrogens (tertiary/aromatic N) is 1. The van der Waals surface area contributed by atoms with Crippen LogP contribution in [-0.2, 0) is 9.63 Å². The van der Waals surface area contributed by atoms with E-state index in [9.17, 15) is 4.79 Å². The van der Waals surface area contributed by atoms with Crippen molar-refractivity contribution in [3.63, 3.8) is 0 Å². The number of amides is 1. The second-order valence-corrected chi connectivity index (χ2v) is 6.31. The van der Waals surface area contributed by atoms with Crippen LogP contribution < -0.4 is 11.1 Å². The Hall–Kier alpha value is -2.34. The molecule has 1 atom stereocenters. The van der Waals surface area contributed by atoms with Crippen LogP contribution in [0.1, 0.15) is 34.5 Å². The van der Waals surface area contributed by atoms with Crippen LogP contribution in [0.5, 0.6) is 0 Å². The van der Waals surface area contributed by atoms with Crippen molar-refractivity contribution in [2.45, 2.75) is 26.8 Å². The number of rotatable bonds is 6. The molecule has 1 heterocycles. The summed E-state index contributed by atoms with van der Waals surface area (Å²) in [4.78, 5) is 17.7. The molecule has 0 bridgehead atoms. The zero-order chi connectivity index (χ0) is 16.8. The Labute approximate surface area is 140 Å². The number of nitrogens with one attached hydrogen (secondary N) is 1. The lowest BCUT2D eigenvalue weighted by Crippen LogP contribution is -2.30. The number of amidine groups is 1. The Morgan fingerprint density at radius 1 is 1.35 bits per heavy atom. The highest BCUT2D eigenvalue weighted by Crippen LogP contribution is 2.16. The van der Waals surface area contributed by atoms with Gasteiger partial charge in [-0.15, -0.1) is 11.3 Å². The first-order chi connectivity index (χ1) is 11.0. The third kappa shape index (κ3) is 4.82. The number of aryl methyl sites for hydroxylation is 2. The van der Waals surface area contributed by atoms with Gasteiger partial charge in [-0.2, -0.15) is 0 Å². The molecule has 5 nitrogen and oxygen atoms in total. The maximum Gasteiger partial charge on any atom is 0.261 e. The number of oxime groups is 1. The molecule has 2 aromatic rings. The maximum absolute atomic E-state index is 11.9. The normalized spacial score (nSPS) is 12.7. The first-order valence-electron chi connectivity index (χ1n) is 7.33. The van der Waals surface area contributed by atoms with Gasteiger partial charge in [-0.3, -0.25) is 4.79 Å². The summed E-state index contributed by atoms with van der Waals surface area (Å²) in [6.45, 7) is 5.89. The number of hydrogen-bond acceptors (Lipinski definition) is 4. The van der Waals surface area contributed by atoms with E-state index in [-0.39, 0.29) is 24.4 Å². The van der Waals surface area contributed by atoms with Crippen molar-refractivity contribution in [3.05, 3.63) is 57.3 Å². The molecule has 0 aliphatic heterocycles. The summed E-state index contributed by atoms with van der Waals surface area (Å²) < 4.78 is 0. The van der Waals surface area contributed by atoms with Crippen molar-refractivity contribution in [2.24, 2.45) is 10.9 Å². The summed E-state index contributed by atoms with van der Waals surface area (Å²) >= 11 is 1.46. The zero-order valence-electron chi connectivity index (χ0n) is 13.5. The van der Waals surface area contributed by atoms with Gasteiger partial charge in [0.15, 0.2) is 12.4 Å². The van der Waals surface area contributed by atoms with Gasteiger partial charge in [0.25, 0.3) is 5.91 Å². The van der Waals surface area contributed by atoms with E-state index in [1.54, 1.807) is 0 Å². The topological polar surface area (TPSA) is 76.7 Å². The first-order valence-corrected chi connectivity index (χ1v) is 8.21. The molecule has 1 aromatic heterocycles. The minimum absolute atomic E-state index is 0.0935. The third-order valence-electron chi connectivity index (χ3n) is 3.54. The minimum atomic E-state index is -0.238.